The Morgan fingerprint density at radius 2 is 1.71 bits per heavy atom. The van der Waals surface area contributed by atoms with Crippen LogP contribution in [0.15, 0.2) is 0 Å². The summed E-state index contributed by atoms with van der Waals surface area (Å²) in [5.41, 5.74) is 5.11. The number of unbranched alkanes of at least 4 members (excludes halogenated alkanes) is 1. The second-order valence-corrected chi connectivity index (χ2v) is 5.14. The zero-order valence-electron chi connectivity index (χ0n) is 11.1. The molecule has 0 aromatic heterocycles. The molecule has 17 heavy (non-hydrogen) atoms. The minimum Gasteiger partial charge on any atom is -0.356 e. The van der Waals surface area contributed by atoms with Gasteiger partial charge in [-0.15, -0.1) is 0 Å². The van der Waals surface area contributed by atoms with Crippen LogP contribution < -0.4 is 16.4 Å². The lowest BCUT2D eigenvalue weighted by atomic mass is 10.1. The van der Waals surface area contributed by atoms with E-state index >= 15 is 0 Å². The molecule has 0 saturated carbocycles. The average Bonchev–Trinajstić information content (AvgIpc) is 2.15. The van der Waals surface area contributed by atoms with Crippen LogP contribution >= 0.6 is 0 Å². The van der Waals surface area contributed by atoms with Crippen molar-refractivity contribution >= 4 is 11.8 Å². The van der Waals surface area contributed by atoms with Crippen LogP contribution in [0.4, 0.5) is 0 Å². The fourth-order valence-corrected chi connectivity index (χ4v) is 1.31. The van der Waals surface area contributed by atoms with E-state index < -0.39 is 0 Å². The summed E-state index contributed by atoms with van der Waals surface area (Å²) < 4.78 is 0. The van der Waals surface area contributed by atoms with Gasteiger partial charge in [-0.3, -0.25) is 9.59 Å². The van der Waals surface area contributed by atoms with E-state index in [2.05, 4.69) is 10.6 Å². The predicted molar refractivity (Wildman–Crippen MR) is 68.4 cm³/mol. The number of nitrogens with one attached hydrogen (secondary N) is 2. The third kappa shape index (κ3) is 11.2. The van der Waals surface area contributed by atoms with E-state index in [0.717, 1.165) is 12.8 Å². The third-order valence-corrected chi connectivity index (χ3v) is 2.05. The molecule has 0 aliphatic rings. The van der Waals surface area contributed by atoms with Gasteiger partial charge in [-0.1, -0.05) is 0 Å². The Morgan fingerprint density at radius 3 is 2.24 bits per heavy atom. The number of carbonyl (C=O) groups is 2. The van der Waals surface area contributed by atoms with Crippen LogP contribution in [-0.4, -0.2) is 30.4 Å². The van der Waals surface area contributed by atoms with Crippen LogP contribution in [0.1, 0.15) is 46.5 Å². The highest BCUT2D eigenvalue weighted by molar-refractivity contribution is 5.79. The molecule has 0 heterocycles. The first-order valence-electron chi connectivity index (χ1n) is 6.13. The molecule has 5 nitrogen and oxygen atoms in total. The molecule has 0 radical (unpaired) electrons. The molecule has 4 N–H and O–H groups in total. The molecule has 0 aromatic rings. The van der Waals surface area contributed by atoms with Crippen molar-refractivity contribution in [2.75, 3.05) is 13.1 Å². The smallest absolute Gasteiger partial charge is 0.222 e. The average molecular weight is 243 g/mol. The topological polar surface area (TPSA) is 84.2 Å². The molecule has 0 bridgehead atoms. The largest absolute Gasteiger partial charge is 0.356 e. The van der Waals surface area contributed by atoms with Gasteiger partial charge in [0.2, 0.25) is 11.8 Å². The lowest BCUT2D eigenvalue weighted by Crippen LogP contribution is -2.41. The van der Waals surface area contributed by atoms with Crippen molar-refractivity contribution in [2.24, 2.45) is 5.73 Å². The molecule has 0 unspecified atom stereocenters. The first-order chi connectivity index (χ1) is 7.85. The number of hydrogen-bond donors (Lipinski definition) is 3. The highest BCUT2D eigenvalue weighted by atomic mass is 16.2. The van der Waals surface area contributed by atoms with Crippen molar-refractivity contribution in [1.82, 2.24) is 10.6 Å². The van der Waals surface area contributed by atoms with Gasteiger partial charge in [0, 0.05) is 24.9 Å². The van der Waals surface area contributed by atoms with E-state index in [-0.39, 0.29) is 17.4 Å². The normalized spacial score (nSPS) is 11.1. The Hall–Kier alpha value is -1.10. The molecule has 0 fully saturated rings. The molecule has 0 rings (SSSR count). The van der Waals surface area contributed by atoms with Gasteiger partial charge < -0.3 is 16.4 Å². The van der Waals surface area contributed by atoms with Crippen molar-refractivity contribution in [3.05, 3.63) is 0 Å². The fourth-order valence-electron chi connectivity index (χ4n) is 1.31. The number of carbonyl (C=O) groups excluding carboxylic acids is 2. The summed E-state index contributed by atoms with van der Waals surface area (Å²) in [7, 11) is 0. The second kappa shape index (κ2) is 8.06. The summed E-state index contributed by atoms with van der Waals surface area (Å²) in [6, 6.07) is 0. The van der Waals surface area contributed by atoms with Crippen LogP contribution in [0.2, 0.25) is 0 Å². The molecule has 5 heteroatoms. The number of nitrogens with two attached hydrogens (primary N) is 1. The first-order valence-corrected chi connectivity index (χ1v) is 6.13. The SMILES string of the molecule is CC(C)(C)NC(=O)CCNC(=O)CCCCN. The summed E-state index contributed by atoms with van der Waals surface area (Å²) in [5, 5.41) is 5.56. The number of amides is 2. The summed E-state index contributed by atoms with van der Waals surface area (Å²) >= 11 is 0. The lowest BCUT2D eigenvalue weighted by molar-refractivity contribution is -0.123. The van der Waals surface area contributed by atoms with Gasteiger partial charge in [-0.25, -0.2) is 0 Å². The Morgan fingerprint density at radius 1 is 1.06 bits per heavy atom. The minimum atomic E-state index is -0.220. The Bertz CT molecular complexity index is 247. The van der Waals surface area contributed by atoms with Gasteiger partial charge in [-0.2, -0.15) is 0 Å². The van der Waals surface area contributed by atoms with Crippen LogP contribution in [0, 0.1) is 0 Å². The second-order valence-electron chi connectivity index (χ2n) is 5.14. The molecular formula is C12H25N3O2. The van der Waals surface area contributed by atoms with Gasteiger partial charge in [0.1, 0.15) is 0 Å². The predicted octanol–water partition coefficient (Wildman–Crippen LogP) is 0.536. The molecule has 0 spiro atoms. The van der Waals surface area contributed by atoms with Gasteiger partial charge in [0.05, 0.1) is 0 Å². The Kier molecular flexibility index (Phi) is 7.54. The highest BCUT2D eigenvalue weighted by Crippen LogP contribution is 1.98. The van der Waals surface area contributed by atoms with Crippen molar-refractivity contribution in [1.29, 1.82) is 0 Å². The molecule has 0 aliphatic carbocycles. The maximum Gasteiger partial charge on any atom is 0.222 e. The monoisotopic (exact) mass is 243 g/mol. The highest BCUT2D eigenvalue weighted by Gasteiger charge is 2.13. The minimum absolute atomic E-state index is 0.0120. The molecule has 2 amide bonds. The van der Waals surface area contributed by atoms with Crippen molar-refractivity contribution in [3.63, 3.8) is 0 Å². The molecule has 0 aliphatic heterocycles. The van der Waals surface area contributed by atoms with Crippen LogP contribution in [0.3, 0.4) is 0 Å². The van der Waals surface area contributed by atoms with Gasteiger partial charge in [0.25, 0.3) is 0 Å². The van der Waals surface area contributed by atoms with E-state index in [4.69, 9.17) is 5.73 Å². The first kappa shape index (κ1) is 15.9. The van der Waals surface area contributed by atoms with Crippen LogP contribution in [0.5, 0.6) is 0 Å². The van der Waals surface area contributed by atoms with E-state index in [1.165, 1.54) is 0 Å². The van der Waals surface area contributed by atoms with Crippen molar-refractivity contribution in [3.8, 4) is 0 Å². The summed E-state index contributed by atoms with van der Waals surface area (Å²) in [6.07, 6.45) is 2.46. The number of rotatable bonds is 7. The molecule has 100 valence electrons. The van der Waals surface area contributed by atoms with E-state index in [0.29, 0.717) is 25.9 Å². The quantitative estimate of drug-likeness (QED) is 0.570. The van der Waals surface area contributed by atoms with Crippen molar-refractivity contribution in [2.45, 2.75) is 52.0 Å². The summed E-state index contributed by atoms with van der Waals surface area (Å²) in [4.78, 5) is 22.7. The van der Waals surface area contributed by atoms with Crippen LogP contribution in [-0.2, 0) is 9.59 Å². The zero-order chi connectivity index (χ0) is 13.3. The summed E-state index contributed by atoms with van der Waals surface area (Å²) in [5.74, 6) is -0.0539. The van der Waals surface area contributed by atoms with Gasteiger partial charge in [0.15, 0.2) is 0 Å². The Labute approximate surface area is 104 Å². The van der Waals surface area contributed by atoms with Gasteiger partial charge >= 0.3 is 0 Å². The summed E-state index contributed by atoms with van der Waals surface area (Å²) in [6.45, 7) is 6.79. The molecule has 0 aromatic carbocycles. The molecule has 0 saturated heterocycles. The van der Waals surface area contributed by atoms with Gasteiger partial charge in [-0.05, 0) is 40.2 Å². The Balaban J connectivity index is 3.56. The van der Waals surface area contributed by atoms with E-state index in [1.54, 1.807) is 0 Å². The molecule has 0 atom stereocenters. The maximum absolute atomic E-state index is 11.4. The van der Waals surface area contributed by atoms with E-state index in [1.807, 2.05) is 20.8 Å². The van der Waals surface area contributed by atoms with E-state index in [9.17, 15) is 9.59 Å². The third-order valence-electron chi connectivity index (χ3n) is 2.05. The van der Waals surface area contributed by atoms with Crippen LogP contribution in [0.25, 0.3) is 0 Å². The molecular weight excluding hydrogens is 218 g/mol. The van der Waals surface area contributed by atoms with Crippen molar-refractivity contribution < 1.29 is 9.59 Å². The lowest BCUT2D eigenvalue weighted by Gasteiger charge is -2.20. The zero-order valence-corrected chi connectivity index (χ0v) is 11.1. The number of hydrogen-bond acceptors (Lipinski definition) is 3. The fraction of sp³-hybridized carbons (Fsp3) is 0.833. The standard InChI is InChI=1S/C12H25N3O2/c1-12(2,3)15-11(17)7-9-14-10(16)6-4-5-8-13/h4-9,13H2,1-3H3,(H,14,16)(H,15,17). The maximum atomic E-state index is 11.4.